The summed E-state index contributed by atoms with van der Waals surface area (Å²) in [5.74, 6) is -0.980. The Kier molecular flexibility index (Phi) is 4.99. The van der Waals surface area contributed by atoms with Crippen LogP contribution in [0.1, 0.15) is 56.7 Å². The first-order valence-corrected chi connectivity index (χ1v) is 7.63. The average molecular weight is 297 g/mol. The van der Waals surface area contributed by atoms with Gasteiger partial charge in [-0.25, -0.2) is 8.78 Å². The lowest BCUT2D eigenvalue weighted by atomic mass is 9.74. The second-order valence-corrected chi connectivity index (χ2v) is 6.44. The van der Waals surface area contributed by atoms with Crippen molar-refractivity contribution in [1.82, 2.24) is 5.32 Å². The standard InChI is InChI=1S/C17H25F2NO/c1-11(2)20-16(10-17(21-4)6-5-7-17)13-8-12(3)14(18)9-15(13)19/h8-9,11,16,20H,5-7,10H2,1-4H3. The zero-order valence-corrected chi connectivity index (χ0v) is 13.3. The van der Waals surface area contributed by atoms with E-state index in [9.17, 15) is 8.78 Å². The monoisotopic (exact) mass is 297 g/mol. The molecule has 0 saturated heterocycles. The highest BCUT2D eigenvalue weighted by Crippen LogP contribution is 2.42. The van der Waals surface area contributed by atoms with Gasteiger partial charge in [0.15, 0.2) is 0 Å². The summed E-state index contributed by atoms with van der Waals surface area (Å²) in [5, 5.41) is 3.40. The van der Waals surface area contributed by atoms with Gasteiger partial charge in [0.05, 0.1) is 5.60 Å². The number of nitrogens with one attached hydrogen (secondary N) is 1. The van der Waals surface area contributed by atoms with Crippen molar-refractivity contribution in [2.24, 2.45) is 0 Å². The first-order chi connectivity index (χ1) is 9.87. The molecule has 0 radical (unpaired) electrons. The van der Waals surface area contributed by atoms with Gasteiger partial charge in [-0.15, -0.1) is 0 Å². The normalized spacial score (nSPS) is 18.6. The van der Waals surface area contributed by atoms with Crippen molar-refractivity contribution >= 4 is 0 Å². The summed E-state index contributed by atoms with van der Waals surface area (Å²) in [4.78, 5) is 0. The molecule has 1 aliphatic carbocycles. The number of halogens is 2. The maximum atomic E-state index is 14.2. The summed E-state index contributed by atoms with van der Waals surface area (Å²) in [6.07, 6.45) is 3.86. The predicted molar refractivity (Wildman–Crippen MR) is 80.3 cm³/mol. The molecule has 118 valence electrons. The molecule has 1 unspecified atom stereocenters. The van der Waals surface area contributed by atoms with E-state index in [4.69, 9.17) is 4.74 Å². The van der Waals surface area contributed by atoms with Gasteiger partial charge >= 0.3 is 0 Å². The van der Waals surface area contributed by atoms with Crippen molar-refractivity contribution in [1.29, 1.82) is 0 Å². The fourth-order valence-corrected chi connectivity index (χ4v) is 3.04. The SMILES string of the molecule is COC1(CC(NC(C)C)c2cc(C)c(F)cc2F)CCC1. The molecule has 1 N–H and O–H groups in total. The summed E-state index contributed by atoms with van der Waals surface area (Å²) < 4.78 is 33.4. The number of methoxy groups -OCH3 is 1. The Bertz CT molecular complexity index is 492. The molecule has 0 spiro atoms. The Morgan fingerprint density at radius 3 is 2.38 bits per heavy atom. The Morgan fingerprint density at radius 2 is 1.90 bits per heavy atom. The first kappa shape index (κ1) is 16.4. The lowest BCUT2D eigenvalue weighted by Gasteiger charge is -2.43. The molecule has 0 aliphatic heterocycles. The Balaban J connectivity index is 2.29. The number of rotatable bonds is 6. The Labute approximate surface area is 125 Å². The maximum absolute atomic E-state index is 14.2. The Hall–Kier alpha value is -1.00. The second-order valence-electron chi connectivity index (χ2n) is 6.44. The van der Waals surface area contributed by atoms with Gasteiger partial charge in [0.25, 0.3) is 0 Å². The third kappa shape index (κ3) is 3.61. The van der Waals surface area contributed by atoms with Crippen LogP contribution in [0.15, 0.2) is 12.1 Å². The number of hydrogen-bond donors (Lipinski definition) is 1. The van der Waals surface area contributed by atoms with E-state index in [1.165, 1.54) is 0 Å². The van der Waals surface area contributed by atoms with Gasteiger partial charge in [0.1, 0.15) is 11.6 Å². The van der Waals surface area contributed by atoms with Gasteiger partial charge in [0, 0.05) is 30.8 Å². The number of hydrogen-bond acceptors (Lipinski definition) is 2. The highest BCUT2D eigenvalue weighted by Gasteiger charge is 2.40. The lowest BCUT2D eigenvalue weighted by molar-refractivity contribution is -0.0843. The molecule has 1 fully saturated rings. The summed E-state index contributed by atoms with van der Waals surface area (Å²) in [6, 6.07) is 2.66. The number of aryl methyl sites for hydroxylation is 1. The van der Waals surface area contributed by atoms with Gasteiger partial charge < -0.3 is 10.1 Å². The van der Waals surface area contributed by atoms with Crippen molar-refractivity contribution in [3.8, 4) is 0 Å². The molecular weight excluding hydrogens is 272 g/mol. The minimum atomic E-state index is -0.496. The largest absolute Gasteiger partial charge is 0.378 e. The van der Waals surface area contributed by atoms with Gasteiger partial charge in [-0.2, -0.15) is 0 Å². The van der Waals surface area contributed by atoms with E-state index in [1.54, 1.807) is 20.1 Å². The van der Waals surface area contributed by atoms with E-state index in [0.717, 1.165) is 25.3 Å². The van der Waals surface area contributed by atoms with Crippen molar-refractivity contribution in [3.05, 3.63) is 34.9 Å². The molecular formula is C17H25F2NO. The van der Waals surface area contributed by atoms with E-state index < -0.39 is 11.6 Å². The molecule has 2 nitrogen and oxygen atoms in total. The maximum Gasteiger partial charge on any atom is 0.130 e. The van der Waals surface area contributed by atoms with Crippen molar-refractivity contribution in [3.63, 3.8) is 0 Å². The molecule has 0 amide bonds. The molecule has 1 atom stereocenters. The summed E-state index contributed by atoms with van der Waals surface area (Å²) in [6.45, 7) is 5.73. The van der Waals surface area contributed by atoms with Crippen LogP contribution in [0, 0.1) is 18.6 Å². The molecule has 4 heteroatoms. The topological polar surface area (TPSA) is 21.3 Å². The van der Waals surface area contributed by atoms with Gasteiger partial charge in [-0.3, -0.25) is 0 Å². The lowest BCUT2D eigenvalue weighted by Crippen LogP contribution is -2.44. The van der Waals surface area contributed by atoms with Crippen LogP contribution in [0.3, 0.4) is 0 Å². The molecule has 1 aromatic carbocycles. The minimum Gasteiger partial charge on any atom is -0.378 e. The molecule has 1 aromatic rings. The van der Waals surface area contributed by atoms with E-state index in [2.05, 4.69) is 5.32 Å². The quantitative estimate of drug-likeness (QED) is 0.846. The van der Waals surface area contributed by atoms with Crippen LogP contribution in [-0.2, 0) is 4.74 Å². The zero-order chi connectivity index (χ0) is 15.6. The van der Waals surface area contributed by atoms with Crippen LogP contribution in [0.25, 0.3) is 0 Å². The van der Waals surface area contributed by atoms with Crippen LogP contribution in [-0.4, -0.2) is 18.8 Å². The van der Waals surface area contributed by atoms with Gasteiger partial charge in [-0.1, -0.05) is 13.8 Å². The van der Waals surface area contributed by atoms with Crippen molar-refractivity contribution < 1.29 is 13.5 Å². The number of benzene rings is 1. The van der Waals surface area contributed by atoms with Gasteiger partial charge in [0.2, 0.25) is 0 Å². The highest BCUT2D eigenvalue weighted by atomic mass is 19.1. The average Bonchev–Trinajstić information content (AvgIpc) is 2.36. The van der Waals surface area contributed by atoms with Crippen molar-refractivity contribution in [2.75, 3.05) is 7.11 Å². The van der Waals surface area contributed by atoms with Crippen LogP contribution in [0.4, 0.5) is 8.78 Å². The summed E-state index contributed by atoms with van der Waals surface area (Å²) in [5.41, 5.74) is 0.842. The number of ether oxygens (including phenoxy) is 1. The van der Waals surface area contributed by atoms with E-state index in [1.807, 2.05) is 13.8 Å². The molecule has 1 aliphatic rings. The van der Waals surface area contributed by atoms with Crippen LogP contribution >= 0.6 is 0 Å². The smallest absolute Gasteiger partial charge is 0.130 e. The third-order valence-corrected chi connectivity index (χ3v) is 4.46. The van der Waals surface area contributed by atoms with E-state index in [-0.39, 0.29) is 17.7 Å². The fraction of sp³-hybridized carbons (Fsp3) is 0.647. The van der Waals surface area contributed by atoms with Crippen LogP contribution in [0.2, 0.25) is 0 Å². The Morgan fingerprint density at radius 1 is 1.24 bits per heavy atom. The van der Waals surface area contributed by atoms with Crippen molar-refractivity contribution in [2.45, 2.75) is 64.1 Å². The fourth-order valence-electron chi connectivity index (χ4n) is 3.04. The highest BCUT2D eigenvalue weighted by molar-refractivity contribution is 5.29. The summed E-state index contributed by atoms with van der Waals surface area (Å²) in [7, 11) is 1.72. The third-order valence-electron chi connectivity index (χ3n) is 4.46. The second kappa shape index (κ2) is 6.41. The molecule has 21 heavy (non-hydrogen) atoms. The molecule has 0 bridgehead atoms. The predicted octanol–water partition coefficient (Wildman–Crippen LogP) is 4.27. The van der Waals surface area contributed by atoms with Gasteiger partial charge in [-0.05, 0) is 44.2 Å². The minimum absolute atomic E-state index is 0.162. The molecule has 2 rings (SSSR count). The first-order valence-electron chi connectivity index (χ1n) is 7.63. The zero-order valence-electron chi connectivity index (χ0n) is 13.3. The molecule has 0 heterocycles. The molecule has 1 saturated carbocycles. The molecule has 0 aromatic heterocycles. The van der Waals surface area contributed by atoms with Crippen LogP contribution in [0.5, 0.6) is 0 Å². The van der Waals surface area contributed by atoms with E-state index >= 15 is 0 Å². The van der Waals surface area contributed by atoms with E-state index in [0.29, 0.717) is 17.5 Å². The summed E-state index contributed by atoms with van der Waals surface area (Å²) >= 11 is 0. The van der Waals surface area contributed by atoms with Crippen LogP contribution < -0.4 is 5.32 Å².